The van der Waals surface area contributed by atoms with Gasteiger partial charge in [-0.2, -0.15) is 0 Å². The molecule has 2 heterocycles. The summed E-state index contributed by atoms with van der Waals surface area (Å²) < 4.78 is 5.90. The minimum Gasteiger partial charge on any atom is -0.480 e. The number of piperidine rings is 1. The summed E-state index contributed by atoms with van der Waals surface area (Å²) in [4.78, 5) is 17.7. The first-order valence-electron chi connectivity index (χ1n) is 8.35. The number of aromatic nitrogens is 1. The lowest BCUT2D eigenvalue weighted by molar-refractivity contribution is -0.142. The van der Waals surface area contributed by atoms with E-state index in [2.05, 4.69) is 11.9 Å². The maximum atomic E-state index is 11.5. The number of carbonyl (C=O) groups is 1. The molecule has 0 aliphatic carbocycles. The van der Waals surface area contributed by atoms with E-state index in [1.807, 2.05) is 35.3 Å². The van der Waals surface area contributed by atoms with E-state index in [4.69, 9.17) is 4.74 Å². The van der Waals surface area contributed by atoms with E-state index in [0.717, 1.165) is 44.5 Å². The molecule has 0 unspecified atom stereocenters. The van der Waals surface area contributed by atoms with Crippen molar-refractivity contribution in [2.45, 2.75) is 51.4 Å². The average Bonchev–Trinajstić information content (AvgIpc) is 2.58. The topological polar surface area (TPSA) is 62.7 Å². The Kier molecular flexibility index (Phi) is 7.23. The van der Waals surface area contributed by atoms with Gasteiger partial charge in [-0.05, 0) is 31.4 Å². The van der Waals surface area contributed by atoms with Crippen LogP contribution in [0, 0.1) is 0 Å². The van der Waals surface area contributed by atoms with Crippen molar-refractivity contribution >= 4 is 5.97 Å². The van der Waals surface area contributed by atoms with E-state index in [1.54, 1.807) is 6.20 Å². The smallest absolute Gasteiger partial charge is 0.324 e. The first kappa shape index (κ1) is 17.6. The predicted molar refractivity (Wildman–Crippen MR) is 89.1 cm³/mol. The van der Waals surface area contributed by atoms with E-state index in [-0.39, 0.29) is 6.10 Å². The summed E-state index contributed by atoms with van der Waals surface area (Å²) in [6.45, 7) is 4.11. The number of pyridine rings is 1. The third-order valence-electron chi connectivity index (χ3n) is 4.09. The van der Waals surface area contributed by atoms with Crippen molar-refractivity contribution < 1.29 is 14.6 Å². The van der Waals surface area contributed by atoms with Crippen LogP contribution < -0.4 is 0 Å². The summed E-state index contributed by atoms with van der Waals surface area (Å²) in [5.74, 6) is -0.773. The van der Waals surface area contributed by atoms with Gasteiger partial charge < -0.3 is 9.84 Å². The van der Waals surface area contributed by atoms with Crippen LogP contribution in [0.5, 0.6) is 0 Å². The van der Waals surface area contributed by atoms with Crippen molar-refractivity contribution in [1.82, 2.24) is 9.88 Å². The van der Waals surface area contributed by atoms with Crippen LogP contribution in [-0.4, -0.2) is 46.2 Å². The minimum atomic E-state index is -0.773. The van der Waals surface area contributed by atoms with Gasteiger partial charge in [-0.1, -0.05) is 31.6 Å². The number of aliphatic carboxylic acids is 1. The Bertz CT molecular complexity index is 496. The summed E-state index contributed by atoms with van der Waals surface area (Å²) in [7, 11) is 0. The van der Waals surface area contributed by atoms with Crippen LogP contribution in [0.25, 0.3) is 0 Å². The molecule has 1 fully saturated rings. The van der Waals surface area contributed by atoms with Gasteiger partial charge in [-0.25, -0.2) is 0 Å². The van der Waals surface area contributed by atoms with Crippen LogP contribution in [0.4, 0.5) is 0 Å². The third kappa shape index (κ3) is 5.77. The lowest BCUT2D eigenvalue weighted by atomic mass is 10.0. The van der Waals surface area contributed by atoms with Gasteiger partial charge in [0.15, 0.2) is 0 Å². The van der Waals surface area contributed by atoms with Crippen molar-refractivity contribution in [1.29, 1.82) is 0 Å². The molecule has 2 rings (SSSR count). The van der Waals surface area contributed by atoms with Gasteiger partial charge in [0.05, 0.1) is 18.4 Å². The highest BCUT2D eigenvalue weighted by Gasteiger charge is 2.28. The Balaban J connectivity index is 1.78. The molecule has 126 valence electrons. The van der Waals surface area contributed by atoms with Gasteiger partial charge in [-0.3, -0.25) is 14.7 Å². The summed E-state index contributed by atoms with van der Waals surface area (Å²) in [6, 6.07) is 5.28. The van der Waals surface area contributed by atoms with Gasteiger partial charge in [0, 0.05) is 19.3 Å². The van der Waals surface area contributed by atoms with Crippen molar-refractivity contribution in [2.75, 3.05) is 13.1 Å². The van der Waals surface area contributed by atoms with E-state index >= 15 is 0 Å². The number of hydrogen-bond donors (Lipinski definition) is 1. The number of rotatable bonds is 8. The highest BCUT2D eigenvalue weighted by atomic mass is 16.5. The van der Waals surface area contributed by atoms with Crippen molar-refractivity contribution in [3.8, 4) is 0 Å². The van der Waals surface area contributed by atoms with E-state index in [1.165, 1.54) is 0 Å². The molecule has 0 saturated carbocycles. The summed E-state index contributed by atoms with van der Waals surface area (Å²) >= 11 is 0. The Hall–Kier alpha value is -1.72. The molecule has 1 N–H and O–H groups in total. The number of carboxylic acid groups (broad SMARTS) is 1. The molecular weight excluding hydrogens is 292 g/mol. The van der Waals surface area contributed by atoms with E-state index < -0.39 is 12.0 Å². The molecule has 1 aliphatic rings. The molecule has 5 nitrogen and oxygen atoms in total. The summed E-state index contributed by atoms with van der Waals surface area (Å²) in [5, 5.41) is 9.41. The quantitative estimate of drug-likeness (QED) is 0.747. The first-order valence-corrected chi connectivity index (χ1v) is 8.35. The van der Waals surface area contributed by atoms with Crippen molar-refractivity contribution in [3.05, 3.63) is 42.2 Å². The Morgan fingerprint density at radius 3 is 2.87 bits per heavy atom. The molecule has 1 atom stereocenters. The van der Waals surface area contributed by atoms with Gasteiger partial charge in [0.2, 0.25) is 0 Å². The molecule has 0 spiro atoms. The molecule has 0 bridgehead atoms. The molecule has 0 amide bonds. The third-order valence-corrected chi connectivity index (χ3v) is 4.09. The number of likely N-dealkylation sites (tertiary alicyclic amines) is 1. The fourth-order valence-electron chi connectivity index (χ4n) is 2.76. The number of hydrogen-bond acceptors (Lipinski definition) is 4. The lowest BCUT2D eigenvalue weighted by Crippen LogP contribution is -2.46. The fraction of sp³-hybridized carbons (Fsp3) is 0.556. The van der Waals surface area contributed by atoms with Gasteiger partial charge in [-0.15, -0.1) is 0 Å². The summed E-state index contributed by atoms with van der Waals surface area (Å²) in [5.41, 5.74) is 0.931. The largest absolute Gasteiger partial charge is 0.480 e. The highest BCUT2D eigenvalue weighted by molar-refractivity contribution is 5.75. The minimum absolute atomic E-state index is 0.183. The summed E-state index contributed by atoms with van der Waals surface area (Å²) in [6.07, 6.45) is 9.42. The van der Waals surface area contributed by atoms with E-state index in [9.17, 15) is 9.90 Å². The van der Waals surface area contributed by atoms with Crippen LogP contribution in [0.3, 0.4) is 0 Å². The second-order valence-corrected chi connectivity index (χ2v) is 5.87. The monoisotopic (exact) mass is 318 g/mol. The Morgan fingerprint density at radius 2 is 2.26 bits per heavy atom. The van der Waals surface area contributed by atoms with Crippen LogP contribution in [0.1, 0.15) is 38.3 Å². The molecule has 1 aromatic rings. The zero-order valence-electron chi connectivity index (χ0n) is 13.7. The fourth-order valence-corrected chi connectivity index (χ4v) is 2.76. The van der Waals surface area contributed by atoms with Crippen LogP contribution in [-0.2, 0) is 16.1 Å². The number of carboxylic acids is 1. The molecule has 5 heteroatoms. The molecule has 0 aromatic carbocycles. The second-order valence-electron chi connectivity index (χ2n) is 5.87. The Labute approximate surface area is 138 Å². The maximum absolute atomic E-state index is 11.5. The Morgan fingerprint density at radius 1 is 1.48 bits per heavy atom. The lowest BCUT2D eigenvalue weighted by Gasteiger charge is -2.34. The molecule has 1 aromatic heterocycles. The van der Waals surface area contributed by atoms with Crippen molar-refractivity contribution in [2.24, 2.45) is 0 Å². The van der Waals surface area contributed by atoms with Crippen LogP contribution in [0.2, 0.25) is 0 Å². The highest BCUT2D eigenvalue weighted by Crippen LogP contribution is 2.18. The van der Waals surface area contributed by atoms with Crippen LogP contribution in [0.15, 0.2) is 36.5 Å². The standard InChI is InChI=1S/C18H26N2O3/c1-2-3-4-8-17(18(21)22)20-12-9-16(10-13-20)23-14-15-7-5-6-11-19-15/h4-8,11,16-17H,2-3,9-10,12-14H2,1H3,(H,21,22)/b8-4+/t17-/m1/s1. The number of nitrogens with zero attached hydrogens (tertiary/aromatic N) is 2. The van der Waals surface area contributed by atoms with Crippen molar-refractivity contribution in [3.63, 3.8) is 0 Å². The van der Waals surface area contributed by atoms with Gasteiger partial charge in [0.25, 0.3) is 0 Å². The number of ether oxygens (including phenoxy) is 1. The molecule has 0 radical (unpaired) electrons. The maximum Gasteiger partial charge on any atom is 0.324 e. The SMILES string of the molecule is CCC/C=C/[C@H](C(=O)O)N1CCC(OCc2ccccn2)CC1. The average molecular weight is 318 g/mol. The van der Waals surface area contributed by atoms with E-state index in [0.29, 0.717) is 6.61 Å². The van der Waals surface area contributed by atoms with Gasteiger partial charge >= 0.3 is 5.97 Å². The molecule has 23 heavy (non-hydrogen) atoms. The molecular formula is C18H26N2O3. The number of unbranched alkanes of at least 4 members (excludes halogenated alkanes) is 1. The normalized spacial score (nSPS) is 18.3. The first-order chi connectivity index (χ1) is 11.2. The van der Waals surface area contributed by atoms with Gasteiger partial charge in [0.1, 0.15) is 6.04 Å². The zero-order valence-corrected chi connectivity index (χ0v) is 13.7. The zero-order chi connectivity index (χ0) is 16.5. The molecule has 1 saturated heterocycles. The number of allylic oxidation sites excluding steroid dienone is 1. The second kappa shape index (κ2) is 9.43. The predicted octanol–water partition coefficient (Wildman–Crippen LogP) is 2.87. The molecule has 1 aliphatic heterocycles. The van der Waals surface area contributed by atoms with Crippen LogP contribution >= 0.6 is 0 Å².